The first-order valence-corrected chi connectivity index (χ1v) is 4.79. The molecule has 1 radical (unpaired) electrons. The molecule has 5 heteroatoms. The van der Waals surface area contributed by atoms with Crippen LogP contribution in [-0.4, -0.2) is 30.4 Å². The normalized spacial score (nSPS) is 10.9. The number of phenolic OH excluding ortho intramolecular Hbond substituents is 2. The van der Waals surface area contributed by atoms with Gasteiger partial charge in [-0.3, -0.25) is 0 Å². The zero-order valence-electron chi connectivity index (χ0n) is 8.77. The molecule has 0 aromatic heterocycles. The zero-order valence-corrected chi connectivity index (χ0v) is 8.77. The Kier molecular flexibility index (Phi) is 4.36. The van der Waals surface area contributed by atoms with Crippen molar-refractivity contribution in [1.82, 2.24) is 10.4 Å². The maximum atomic E-state index is 9.28. The fraction of sp³-hybridized carbons (Fsp3) is 0.400. The third-order valence-electron chi connectivity index (χ3n) is 1.99. The highest BCUT2D eigenvalue weighted by atomic mass is 16.3. The molecule has 0 aliphatic rings. The van der Waals surface area contributed by atoms with Crippen LogP contribution in [0.15, 0.2) is 18.2 Å². The lowest BCUT2D eigenvalue weighted by Crippen LogP contribution is -2.42. The summed E-state index contributed by atoms with van der Waals surface area (Å²) in [6.07, 6.45) is 0. The number of nitrogens with zero attached hydrogens (tertiary/aromatic N) is 1. The number of hydrazine groups is 1. The van der Waals surface area contributed by atoms with E-state index >= 15 is 0 Å². The van der Waals surface area contributed by atoms with E-state index in [1.54, 1.807) is 6.07 Å². The predicted molar refractivity (Wildman–Crippen MR) is 58.6 cm³/mol. The van der Waals surface area contributed by atoms with Gasteiger partial charge in [0.15, 0.2) is 18.0 Å². The van der Waals surface area contributed by atoms with Crippen molar-refractivity contribution in [3.05, 3.63) is 23.8 Å². The smallest absolute Gasteiger partial charge is 0.169 e. The average Bonchev–Trinajstić information content (AvgIpc) is 2.20. The van der Waals surface area contributed by atoms with E-state index in [0.29, 0.717) is 19.6 Å². The Balaban J connectivity index is 2.53. The summed E-state index contributed by atoms with van der Waals surface area (Å²) < 4.78 is 0. The van der Waals surface area contributed by atoms with Gasteiger partial charge in [0, 0.05) is 12.1 Å². The maximum absolute atomic E-state index is 9.28. The van der Waals surface area contributed by atoms with Crippen molar-refractivity contribution in [3.8, 4) is 11.5 Å². The number of nitrogens with two attached hydrogens (primary N) is 1. The van der Waals surface area contributed by atoms with Crippen LogP contribution in [0.25, 0.3) is 0 Å². The van der Waals surface area contributed by atoms with Crippen molar-refractivity contribution >= 4 is 0 Å². The molecule has 1 rings (SSSR count). The van der Waals surface area contributed by atoms with Crippen molar-refractivity contribution < 1.29 is 10.2 Å². The average molecular weight is 211 g/mol. The monoisotopic (exact) mass is 211 g/mol. The first kappa shape index (κ1) is 11.8. The van der Waals surface area contributed by atoms with E-state index in [2.05, 4.69) is 5.43 Å². The highest BCUT2D eigenvalue weighted by Gasteiger charge is 2.10. The molecule has 1 aromatic carbocycles. The van der Waals surface area contributed by atoms with Crippen LogP contribution in [0.3, 0.4) is 0 Å². The fourth-order valence-electron chi connectivity index (χ4n) is 1.25. The number of nitrogens with one attached hydrogen (secondary N) is 1. The minimum atomic E-state index is -0.101. The van der Waals surface area contributed by atoms with Gasteiger partial charge in [-0.25, -0.2) is 0 Å². The van der Waals surface area contributed by atoms with Gasteiger partial charge in [-0.05, 0) is 18.2 Å². The molecule has 83 valence electrons. The summed E-state index contributed by atoms with van der Waals surface area (Å²) in [5.41, 5.74) is 9.35. The molecule has 0 aliphatic carbocycles. The maximum Gasteiger partial charge on any atom is 0.169 e. The van der Waals surface area contributed by atoms with Crippen molar-refractivity contribution in [1.29, 1.82) is 0 Å². The molecule has 1 aromatic rings. The molecule has 0 aliphatic heterocycles. The van der Waals surface area contributed by atoms with E-state index in [1.165, 1.54) is 12.1 Å². The lowest BCUT2D eigenvalue weighted by molar-refractivity contribution is 0.359. The standard InChI is InChI=1S/C10H17N3O2/c1-13(12-5-4-11)7-8-2-3-9(14)10(15)6-8/h2-3,6,12,14-15H,4-5,7,11H2,1H3/q+1. The molecule has 0 amide bonds. The fourth-order valence-corrected chi connectivity index (χ4v) is 1.25. The second kappa shape index (κ2) is 5.55. The molecule has 0 spiro atoms. The Bertz CT molecular complexity index is 318. The van der Waals surface area contributed by atoms with Crippen LogP contribution in [0.5, 0.6) is 11.5 Å². The summed E-state index contributed by atoms with van der Waals surface area (Å²) in [4.78, 5) is 0. The number of benzene rings is 1. The van der Waals surface area contributed by atoms with E-state index in [-0.39, 0.29) is 11.5 Å². The number of rotatable bonds is 5. The molecular formula is C10H17N3O2+. The van der Waals surface area contributed by atoms with E-state index in [1.807, 2.05) is 12.1 Å². The molecule has 0 saturated heterocycles. The molecule has 0 heterocycles. The van der Waals surface area contributed by atoms with Crippen molar-refractivity contribution in [2.24, 2.45) is 5.73 Å². The summed E-state index contributed by atoms with van der Waals surface area (Å²) in [5.74, 6) is -0.198. The van der Waals surface area contributed by atoms with Crippen LogP contribution in [0.1, 0.15) is 5.56 Å². The quantitative estimate of drug-likeness (QED) is 0.309. The van der Waals surface area contributed by atoms with Gasteiger partial charge in [0.1, 0.15) is 7.05 Å². The second-order valence-electron chi connectivity index (χ2n) is 3.38. The summed E-state index contributed by atoms with van der Waals surface area (Å²) in [6, 6.07) is 4.77. The Hall–Kier alpha value is -1.30. The lowest BCUT2D eigenvalue weighted by atomic mass is 10.2. The molecule has 0 saturated carbocycles. The largest absolute Gasteiger partial charge is 0.504 e. The highest BCUT2D eigenvalue weighted by molar-refractivity contribution is 5.40. The van der Waals surface area contributed by atoms with Gasteiger partial charge in [0.05, 0.1) is 6.54 Å². The van der Waals surface area contributed by atoms with Gasteiger partial charge in [0.2, 0.25) is 0 Å². The highest BCUT2D eigenvalue weighted by Crippen LogP contribution is 2.24. The number of hydrogen-bond donors (Lipinski definition) is 4. The van der Waals surface area contributed by atoms with Crippen LogP contribution in [0.2, 0.25) is 0 Å². The van der Waals surface area contributed by atoms with Crippen LogP contribution in [-0.2, 0) is 6.54 Å². The van der Waals surface area contributed by atoms with Crippen molar-refractivity contribution in [2.45, 2.75) is 6.54 Å². The first-order valence-electron chi connectivity index (χ1n) is 4.79. The van der Waals surface area contributed by atoms with Gasteiger partial charge < -0.3 is 15.9 Å². The van der Waals surface area contributed by atoms with Gasteiger partial charge in [-0.15, -0.1) is 5.43 Å². The Labute approximate surface area is 89.1 Å². The van der Waals surface area contributed by atoms with Crippen molar-refractivity contribution in [3.63, 3.8) is 0 Å². The van der Waals surface area contributed by atoms with Gasteiger partial charge in [-0.1, -0.05) is 5.01 Å². The third-order valence-corrected chi connectivity index (χ3v) is 1.99. The van der Waals surface area contributed by atoms with Gasteiger partial charge >= 0.3 is 0 Å². The summed E-state index contributed by atoms with van der Waals surface area (Å²) in [7, 11) is 1.89. The molecule has 5 N–H and O–H groups in total. The summed E-state index contributed by atoms with van der Waals surface area (Å²) in [6.45, 7) is 1.92. The topological polar surface area (TPSA) is 84.4 Å². The molecule has 15 heavy (non-hydrogen) atoms. The van der Waals surface area contributed by atoms with Crippen LogP contribution in [0, 0.1) is 0 Å². The van der Waals surface area contributed by atoms with E-state index in [9.17, 15) is 5.11 Å². The number of aromatic hydroxyl groups is 2. The number of phenols is 2. The number of hydrogen-bond acceptors (Lipinski definition) is 5. The van der Waals surface area contributed by atoms with Crippen LogP contribution < -0.4 is 16.2 Å². The van der Waals surface area contributed by atoms with Gasteiger partial charge in [0.25, 0.3) is 0 Å². The zero-order chi connectivity index (χ0) is 11.3. The van der Waals surface area contributed by atoms with E-state index in [4.69, 9.17) is 10.8 Å². The molecule has 0 unspecified atom stereocenters. The van der Waals surface area contributed by atoms with Crippen molar-refractivity contribution in [2.75, 3.05) is 20.1 Å². The Morgan fingerprint density at radius 2 is 2.07 bits per heavy atom. The Morgan fingerprint density at radius 1 is 1.33 bits per heavy atom. The lowest BCUT2D eigenvalue weighted by Gasteiger charge is -2.07. The second-order valence-corrected chi connectivity index (χ2v) is 3.38. The first-order chi connectivity index (χ1) is 7.13. The minimum absolute atomic E-state index is 0.0975. The van der Waals surface area contributed by atoms with E-state index in [0.717, 1.165) is 5.56 Å². The molecule has 5 nitrogen and oxygen atoms in total. The summed E-state index contributed by atoms with van der Waals surface area (Å²) >= 11 is 0. The molecular weight excluding hydrogens is 194 g/mol. The van der Waals surface area contributed by atoms with Crippen LogP contribution >= 0.6 is 0 Å². The molecule has 0 fully saturated rings. The van der Waals surface area contributed by atoms with E-state index < -0.39 is 0 Å². The van der Waals surface area contributed by atoms with Gasteiger partial charge in [-0.2, -0.15) is 0 Å². The predicted octanol–water partition coefficient (Wildman–Crippen LogP) is -0.169. The molecule has 0 bridgehead atoms. The SMILES string of the molecule is C[N+](Cc1ccc(O)c(O)c1)NCCN. The third kappa shape index (κ3) is 3.75. The minimum Gasteiger partial charge on any atom is -0.504 e. The molecule has 0 atom stereocenters. The van der Waals surface area contributed by atoms with Crippen LogP contribution in [0.4, 0.5) is 0 Å². The summed E-state index contributed by atoms with van der Waals surface area (Å²) in [5, 5.41) is 20.3. The Morgan fingerprint density at radius 3 is 2.67 bits per heavy atom.